The van der Waals surface area contributed by atoms with Crippen molar-refractivity contribution in [2.45, 2.75) is 18.7 Å². The molecule has 0 atom stereocenters. The predicted molar refractivity (Wildman–Crippen MR) is 69.4 cm³/mol. The lowest BCUT2D eigenvalue weighted by atomic mass is 10.2. The normalized spacial score (nSPS) is 11.8. The minimum atomic E-state index is -3.99. The fourth-order valence-corrected chi connectivity index (χ4v) is 3.61. The van der Waals surface area contributed by atoms with E-state index < -0.39 is 20.6 Å². The lowest BCUT2D eigenvalue weighted by Gasteiger charge is -2.20. The molecule has 0 saturated carbocycles. The molecule has 0 radical (unpaired) electrons. The molecule has 1 N–H and O–H groups in total. The van der Waals surface area contributed by atoms with Gasteiger partial charge in [-0.2, -0.15) is 4.31 Å². The third kappa shape index (κ3) is 3.09. The first-order valence-electron chi connectivity index (χ1n) is 5.71. The zero-order valence-electron chi connectivity index (χ0n) is 10.7. The second-order valence-corrected chi connectivity index (χ2v) is 5.78. The van der Waals surface area contributed by atoms with E-state index in [0.29, 0.717) is 5.56 Å². The zero-order valence-corrected chi connectivity index (χ0v) is 11.6. The summed E-state index contributed by atoms with van der Waals surface area (Å²) in [5.41, 5.74) is -0.137. The van der Waals surface area contributed by atoms with E-state index in [1.165, 1.54) is 19.1 Å². The monoisotopic (exact) mass is 288 g/mol. The summed E-state index contributed by atoms with van der Waals surface area (Å²) >= 11 is 0. The molecule has 19 heavy (non-hydrogen) atoms. The second kappa shape index (κ2) is 6.09. The van der Waals surface area contributed by atoms with Crippen LogP contribution < -0.4 is 0 Å². The van der Waals surface area contributed by atoms with Gasteiger partial charge in [-0.05, 0) is 12.5 Å². The van der Waals surface area contributed by atoms with Crippen LogP contribution in [0, 0.1) is 17.0 Å². The molecule has 106 valence electrons. The Kier molecular flexibility index (Phi) is 4.98. The van der Waals surface area contributed by atoms with Crippen LogP contribution >= 0.6 is 0 Å². The van der Waals surface area contributed by atoms with E-state index in [4.69, 9.17) is 5.11 Å². The highest BCUT2D eigenvalue weighted by Gasteiger charge is 2.32. The number of benzene rings is 1. The van der Waals surface area contributed by atoms with Gasteiger partial charge in [0.05, 0.1) is 11.5 Å². The number of hydrogen-bond donors (Lipinski definition) is 1. The van der Waals surface area contributed by atoms with Crippen LogP contribution in [-0.2, 0) is 10.0 Å². The standard InChI is InChI=1S/C11H16N2O5S/c1-3-12(7-8-14)19(17,18)11-9(2)5-4-6-10(11)13(15)16/h4-6,14H,3,7-8H2,1-2H3. The van der Waals surface area contributed by atoms with Crippen molar-refractivity contribution in [3.05, 3.63) is 33.9 Å². The van der Waals surface area contributed by atoms with Gasteiger partial charge in [0.15, 0.2) is 4.90 Å². The molecule has 1 aromatic rings. The molecule has 0 aromatic heterocycles. The van der Waals surface area contributed by atoms with Gasteiger partial charge in [0, 0.05) is 19.2 Å². The van der Waals surface area contributed by atoms with Crippen molar-refractivity contribution in [2.75, 3.05) is 19.7 Å². The van der Waals surface area contributed by atoms with Crippen LogP contribution in [-0.4, -0.2) is 42.4 Å². The van der Waals surface area contributed by atoms with E-state index in [-0.39, 0.29) is 24.6 Å². The Labute approximate surface area is 111 Å². The number of hydrogen-bond acceptors (Lipinski definition) is 5. The van der Waals surface area contributed by atoms with E-state index in [1.54, 1.807) is 6.92 Å². The first-order chi connectivity index (χ1) is 8.86. The predicted octanol–water partition coefficient (Wildman–Crippen LogP) is 0.906. The van der Waals surface area contributed by atoms with Gasteiger partial charge in [-0.25, -0.2) is 8.42 Å². The third-order valence-corrected chi connectivity index (χ3v) is 4.86. The van der Waals surface area contributed by atoms with Gasteiger partial charge in [0.2, 0.25) is 10.0 Å². The number of likely N-dealkylation sites (N-methyl/N-ethyl adjacent to an activating group) is 1. The smallest absolute Gasteiger partial charge is 0.289 e. The number of nitro groups is 1. The molecule has 0 spiro atoms. The Morgan fingerprint density at radius 3 is 2.53 bits per heavy atom. The molecule has 8 heteroatoms. The molecule has 0 bridgehead atoms. The number of aliphatic hydroxyl groups excluding tert-OH is 1. The quantitative estimate of drug-likeness (QED) is 0.619. The van der Waals surface area contributed by atoms with Gasteiger partial charge in [0.25, 0.3) is 5.69 Å². The highest BCUT2D eigenvalue weighted by molar-refractivity contribution is 7.89. The van der Waals surface area contributed by atoms with Crippen molar-refractivity contribution in [1.29, 1.82) is 0 Å². The van der Waals surface area contributed by atoms with E-state index in [0.717, 1.165) is 10.4 Å². The largest absolute Gasteiger partial charge is 0.395 e. The van der Waals surface area contributed by atoms with Crippen molar-refractivity contribution in [3.63, 3.8) is 0 Å². The number of rotatable bonds is 6. The summed E-state index contributed by atoms with van der Waals surface area (Å²) < 4.78 is 25.8. The van der Waals surface area contributed by atoms with Crippen LogP contribution in [0.15, 0.2) is 23.1 Å². The van der Waals surface area contributed by atoms with Crippen LogP contribution in [0.3, 0.4) is 0 Å². The fourth-order valence-electron chi connectivity index (χ4n) is 1.81. The summed E-state index contributed by atoms with van der Waals surface area (Å²) in [5, 5.41) is 19.8. The van der Waals surface area contributed by atoms with Crippen LogP contribution in [0.4, 0.5) is 5.69 Å². The molecule has 7 nitrogen and oxygen atoms in total. The summed E-state index contributed by atoms with van der Waals surface area (Å²) in [6.45, 7) is 2.81. The molecule has 0 unspecified atom stereocenters. The van der Waals surface area contributed by atoms with Gasteiger partial charge in [-0.1, -0.05) is 19.1 Å². The maximum absolute atomic E-state index is 12.4. The summed E-state index contributed by atoms with van der Waals surface area (Å²) in [6.07, 6.45) is 0. The topological polar surface area (TPSA) is 101 Å². The Hall–Kier alpha value is -1.51. The molecular weight excluding hydrogens is 272 g/mol. The highest BCUT2D eigenvalue weighted by Crippen LogP contribution is 2.29. The van der Waals surface area contributed by atoms with E-state index >= 15 is 0 Å². The Balaban J connectivity index is 3.47. The Bertz CT molecular complexity index is 570. The Morgan fingerprint density at radius 1 is 1.42 bits per heavy atom. The van der Waals surface area contributed by atoms with Crippen LogP contribution in [0.1, 0.15) is 12.5 Å². The molecule has 0 amide bonds. The van der Waals surface area contributed by atoms with Crippen molar-refractivity contribution < 1.29 is 18.4 Å². The van der Waals surface area contributed by atoms with Gasteiger partial charge >= 0.3 is 0 Å². The molecule has 0 saturated heterocycles. The van der Waals surface area contributed by atoms with Crippen molar-refractivity contribution in [3.8, 4) is 0 Å². The highest BCUT2D eigenvalue weighted by atomic mass is 32.2. The first-order valence-corrected chi connectivity index (χ1v) is 7.15. The lowest BCUT2D eigenvalue weighted by molar-refractivity contribution is -0.387. The van der Waals surface area contributed by atoms with Gasteiger partial charge in [0.1, 0.15) is 0 Å². The van der Waals surface area contributed by atoms with Crippen LogP contribution in [0.25, 0.3) is 0 Å². The molecule has 0 aliphatic heterocycles. The summed E-state index contributed by atoms with van der Waals surface area (Å²) in [6, 6.07) is 4.11. The van der Waals surface area contributed by atoms with Gasteiger partial charge < -0.3 is 5.11 Å². The summed E-state index contributed by atoms with van der Waals surface area (Å²) in [5.74, 6) is 0. The van der Waals surface area contributed by atoms with E-state index in [1.807, 2.05) is 0 Å². The number of nitrogens with zero attached hydrogens (tertiary/aromatic N) is 2. The molecular formula is C11H16N2O5S. The SMILES string of the molecule is CCN(CCO)S(=O)(=O)c1c(C)cccc1[N+](=O)[O-]. The van der Waals surface area contributed by atoms with Crippen LogP contribution in [0.5, 0.6) is 0 Å². The van der Waals surface area contributed by atoms with Gasteiger partial charge in [-0.15, -0.1) is 0 Å². The minimum absolute atomic E-state index is 0.0929. The molecule has 0 heterocycles. The summed E-state index contributed by atoms with van der Waals surface area (Å²) in [4.78, 5) is 9.94. The Morgan fingerprint density at radius 2 is 2.05 bits per heavy atom. The van der Waals surface area contributed by atoms with E-state index in [2.05, 4.69) is 0 Å². The number of aryl methyl sites for hydroxylation is 1. The molecule has 0 aliphatic carbocycles. The van der Waals surface area contributed by atoms with Crippen molar-refractivity contribution in [2.24, 2.45) is 0 Å². The second-order valence-electron chi connectivity index (χ2n) is 3.90. The average Bonchev–Trinajstić information content (AvgIpc) is 2.34. The van der Waals surface area contributed by atoms with Crippen molar-refractivity contribution >= 4 is 15.7 Å². The molecule has 1 aromatic carbocycles. The molecule has 1 rings (SSSR count). The molecule has 0 aliphatic rings. The van der Waals surface area contributed by atoms with Crippen molar-refractivity contribution in [1.82, 2.24) is 4.31 Å². The molecule has 0 fully saturated rings. The fraction of sp³-hybridized carbons (Fsp3) is 0.455. The van der Waals surface area contributed by atoms with E-state index in [9.17, 15) is 18.5 Å². The van der Waals surface area contributed by atoms with Crippen LogP contribution in [0.2, 0.25) is 0 Å². The maximum Gasteiger partial charge on any atom is 0.289 e. The summed E-state index contributed by atoms with van der Waals surface area (Å²) in [7, 11) is -3.99. The first kappa shape index (κ1) is 15.5. The maximum atomic E-state index is 12.4. The lowest BCUT2D eigenvalue weighted by Crippen LogP contribution is -2.34. The average molecular weight is 288 g/mol. The number of sulfonamides is 1. The zero-order chi connectivity index (χ0) is 14.6. The third-order valence-electron chi connectivity index (χ3n) is 2.69. The number of aliphatic hydroxyl groups is 1. The minimum Gasteiger partial charge on any atom is -0.395 e. The number of nitro benzene ring substituents is 1. The van der Waals surface area contributed by atoms with Gasteiger partial charge in [-0.3, -0.25) is 10.1 Å².